The van der Waals surface area contributed by atoms with Crippen molar-refractivity contribution < 1.29 is 9.53 Å². The van der Waals surface area contributed by atoms with E-state index in [1.165, 1.54) is 0 Å². The number of hydrogen-bond donors (Lipinski definition) is 1. The Morgan fingerprint density at radius 3 is 3.05 bits per heavy atom. The van der Waals surface area contributed by atoms with Gasteiger partial charge in [0.15, 0.2) is 0 Å². The van der Waals surface area contributed by atoms with Gasteiger partial charge in [-0.15, -0.1) is 0 Å². The third kappa shape index (κ3) is 4.77. The number of nitrogens with zero attached hydrogens (tertiary/aromatic N) is 1. The van der Waals surface area contributed by atoms with Crippen molar-refractivity contribution in [2.75, 3.05) is 26.2 Å². The van der Waals surface area contributed by atoms with Gasteiger partial charge in [-0.1, -0.05) is 29.3 Å². The van der Waals surface area contributed by atoms with Crippen molar-refractivity contribution in [2.45, 2.75) is 25.8 Å². The van der Waals surface area contributed by atoms with Crippen LogP contribution in [0.3, 0.4) is 0 Å². The minimum Gasteiger partial charge on any atom is -0.492 e. The quantitative estimate of drug-likeness (QED) is 0.844. The number of carbonyl (C=O) groups excluding carboxylic acids is 1. The molecule has 1 aromatic carbocycles. The molecule has 4 nitrogen and oxygen atoms in total. The smallest absolute Gasteiger partial charge is 0.222 e. The molecule has 1 aromatic rings. The molecule has 0 bridgehead atoms. The van der Waals surface area contributed by atoms with Gasteiger partial charge in [-0.25, -0.2) is 0 Å². The average molecular weight is 331 g/mol. The molecule has 0 aliphatic carbocycles. The molecule has 1 atom stereocenters. The number of piperazine rings is 1. The van der Waals surface area contributed by atoms with Crippen LogP contribution in [0, 0.1) is 0 Å². The maximum atomic E-state index is 12.1. The van der Waals surface area contributed by atoms with Crippen LogP contribution in [0.5, 0.6) is 5.75 Å². The molecule has 1 fully saturated rings. The molecular weight excluding hydrogens is 311 g/mol. The molecule has 1 unspecified atom stereocenters. The van der Waals surface area contributed by atoms with E-state index in [1.54, 1.807) is 18.2 Å². The lowest BCUT2D eigenvalue weighted by Crippen LogP contribution is -2.51. The largest absolute Gasteiger partial charge is 0.492 e. The molecule has 1 heterocycles. The van der Waals surface area contributed by atoms with Gasteiger partial charge in [-0.3, -0.25) is 4.79 Å². The summed E-state index contributed by atoms with van der Waals surface area (Å²) < 4.78 is 5.58. The first-order valence-corrected chi connectivity index (χ1v) is 7.91. The molecular formula is C15H20Cl2N2O2. The highest BCUT2D eigenvalue weighted by Gasteiger charge is 2.19. The second-order valence-corrected chi connectivity index (χ2v) is 5.98. The van der Waals surface area contributed by atoms with Crippen molar-refractivity contribution in [3.63, 3.8) is 0 Å². The highest BCUT2D eigenvalue weighted by atomic mass is 35.5. The van der Waals surface area contributed by atoms with Crippen LogP contribution in [0.25, 0.3) is 0 Å². The maximum absolute atomic E-state index is 12.1. The lowest BCUT2D eigenvalue weighted by Gasteiger charge is -2.32. The Morgan fingerprint density at radius 2 is 2.29 bits per heavy atom. The summed E-state index contributed by atoms with van der Waals surface area (Å²) in [5.74, 6) is 0.747. The number of carbonyl (C=O) groups is 1. The fourth-order valence-corrected chi connectivity index (χ4v) is 2.66. The van der Waals surface area contributed by atoms with E-state index in [2.05, 4.69) is 12.2 Å². The van der Waals surface area contributed by atoms with E-state index < -0.39 is 0 Å². The van der Waals surface area contributed by atoms with E-state index in [0.29, 0.717) is 41.3 Å². The van der Waals surface area contributed by atoms with Crippen LogP contribution in [-0.4, -0.2) is 43.1 Å². The van der Waals surface area contributed by atoms with Crippen LogP contribution >= 0.6 is 23.2 Å². The SMILES string of the molecule is CC1CN(C(=O)CCCOc2cccc(Cl)c2Cl)CCN1. The number of hydrogen-bond acceptors (Lipinski definition) is 3. The monoisotopic (exact) mass is 330 g/mol. The van der Waals surface area contributed by atoms with E-state index in [0.717, 1.165) is 19.6 Å². The summed E-state index contributed by atoms with van der Waals surface area (Å²) in [6.45, 7) is 4.96. The van der Waals surface area contributed by atoms with Crippen molar-refractivity contribution in [2.24, 2.45) is 0 Å². The lowest BCUT2D eigenvalue weighted by atomic mass is 10.2. The minimum absolute atomic E-state index is 0.184. The van der Waals surface area contributed by atoms with Crippen molar-refractivity contribution in [1.29, 1.82) is 0 Å². The molecule has 2 rings (SSSR count). The van der Waals surface area contributed by atoms with Crippen LogP contribution in [-0.2, 0) is 4.79 Å². The average Bonchev–Trinajstić information content (AvgIpc) is 2.47. The van der Waals surface area contributed by atoms with Crippen molar-refractivity contribution in [3.8, 4) is 5.75 Å². The molecule has 0 spiro atoms. The van der Waals surface area contributed by atoms with Gasteiger partial charge in [0.1, 0.15) is 10.8 Å². The van der Waals surface area contributed by atoms with Gasteiger partial charge in [-0.2, -0.15) is 0 Å². The standard InChI is InChI=1S/C15H20Cl2N2O2/c1-11-10-19(8-7-18-11)14(20)6-3-9-21-13-5-2-4-12(16)15(13)17/h2,4-5,11,18H,3,6-10H2,1H3. The summed E-state index contributed by atoms with van der Waals surface area (Å²) >= 11 is 11.9. The van der Waals surface area contributed by atoms with E-state index in [1.807, 2.05) is 4.90 Å². The first-order chi connectivity index (χ1) is 10.1. The Labute approximate surface area is 135 Å². The molecule has 1 aliphatic rings. The molecule has 116 valence electrons. The van der Waals surface area contributed by atoms with Gasteiger partial charge in [0, 0.05) is 32.1 Å². The van der Waals surface area contributed by atoms with Crippen molar-refractivity contribution in [3.05, 3.63) is 28.2 Å². The van der Waals surface area contributed by atoms with Crippen molar-refractivity contribution >= 4 is 29.1 Å². The normalized spacial score (nSPS) is 18.6. The zero-order valence-corrected chi connectivity index (χ0v) is 13.6. The Kier molecular flexibility index (Phi) is 6.15. The molecule has 1 saturated heterocycles. The molecule has 6 heteroatoms. The number of rotatable bonds is 5. The molecule has 1 aliphatic heterocycles. The topological polar surface area (TPSA) is 41.6 Å². The Hall–Kier alpha value is -0.970. The van der Waals surface area contributed by atoms with E-state index in [-0.39, 0.29) is 5.91 Å². The molecule has 0 radical (unpaired) electrons. The first-order valence-electron chi connectivity index (χ1n) is 7.16. The van der Waals surface area contributed by atoms with Crippen molar-refractivity contribution in [1.82, 2.24) is 10.2 Å². The number of halogens is 2. The Bertz CT molecular complexity index is 497. The van der Waals surface area contributed by atoms with Gasteiger partial charge in [-0.05, 0) is 25.5 Å². The Morgan fingerprint density at radius 1 is 1.48 bits per heavy atom. The molecule has 21 heavy (non-hydrogen) atoms. The molecule has 1 amide bonds. The summed E-state index contributed by atoms with van der Waals surface area (Å²) in [5, 5.41) is 4.21. The fraction of sp³-hybridized carbons (Fsp3) is 0.533. The number of amides is 1. The Balaban J connectivity index is 1.72. The zero-order chi connectivity index (χ0) is 15.2. The van der Waals surface area contributed by atoms with Gasteiger partial charge < -0.3 is 15.0 Å². The fourth-order valence-electron chi connectivity index (χ4n) is 2.32. The molecule has 1 N–H and O–H groups in total. The van der Waals surface area contributed by atoms with E-state index in [9.17, 15) is 4.79 Å². The van der Waals surface area contributed by atoms with Crippen LogP contribution in [0.2, 0.25) is 10.0 Å². The van der Waals surface area contributed by atoms with Gasteiger partial charge in [0.2, 0.25) is 5.91 Å². The first kappa shape index (κ1) is 16.4. The summed E-state index contributed by atoms with van der Waals surface area (Å²) in [6.07, 6.45) is 1.16. The third-order valence-corrected chi connectivity index (χ3v) is 4.23. The zero-order valence-electron chi connectivity index (χ0n) is 12.1. The predicted octanol–water partition coefficient (Wildman–Crippen LogP) is 2.97. The van der Waals surface area contributed by atoms with Gasteiger partial charge in [0.05, 0.1) is 11.6 Å². The highest BCUT2D eigenvalue weighted by Crippen LogP contribution is 2.31. The number of nitrogens with one attached hydrogen (secondary N) is 1. The van der Waals surface area contributed by atoms with E-state index >= 15 is 0 Å². The van der Waals surface area contributed by atoms with Gasteiger partial charge >= 0.3 is 0 Å². The summed E-state index contributed by atoms with van der Waals surface area (Å²) in [5.41, 5.74) is 0. The van der Waals surface area contributed by atoms with E-state index in [4.69, 9.17) is 27.9 Å². The van der Waals surface area contributed by atoms with Crippen LogP contribution < -0.4 is 10.1 Å². The highest BCUT2D eigenvalue weighted by molar-refractivity contribution is 6.42. The summed E-state index contributed by atoms with van der Waals surface area (Å²) in [6, 6.07) is 5.64. The third-order valence-electron chi connectivity index (χ3n) is 3.43. The summed E-state index contributed by atoms with van der Waals surface area (Å²) in [4.78, 5) is 14.0. The second kappa shape index (κ2) is 7.87. The van der Waals surface area contributed by atoms with Crippen LogP contribution in [0.4, 0.5) is 0 Å². The second-order valence-electron chi connectivity index (χ2n) is 5.20. The number of benzene rings is 1. The van der Waals surface area contributed by atoms with Gasteiger partial charge in [0.25, 0.3) is 0 Å². The number of ether oxygens (including phenoxy) is 1. The van der Waals surface area contributed by atoms with Crippen LogP contribution in [0.15, 0.2) is 18.2 Å². The van der Waals surface area contributed by atoms with Crippen LogP contribution in [0.1, 0.15) is 19.8 Å². The minimum atomic E-state index is 0.184. The molecule has 0 saturated carbocycles. The lowest BCUT2D eigenvalue weighted by molar-refractivity contribution is -0.132. The molecule has 0 aromatic heterocycles. The summed E-state index contributed by atoms with van der Waals surface area (Å²) in [7, 11) is 0. The predicted molar refractivity (Wildman–Crippen MR) is 85.2 cm³/mol. The maximum Gasteiger partial charge on any atom is 0.222 e.